The highest BCUT2D eigenvalue weighted by Crippen LogP contribution is 2.18. The fraction of sp³-hybridized carbons (Fsp3) is 0.263. The zero-order valence-electron chi connectivity index (χ0n) is 15.3. The molecule has 0 atom stereocenters. The lowest BCUT2D eigenvalue weighted by Crippen LogP contribution is -2.40. The summed E-state index contributed by atoms with van der Waals surface area (Å²) in [6.45, 7) is 1.39. The number of hydrogen-bond acceptors (Lipinski definition) is 7. The number of benzene rings is 2. The topological polar surface area (TPSA) is 85.3 Å². The van der Waals surface area contributed by atoms with Crippen LogP contribution in [0.4, 0.5) is 0 Å². The molecule has 1 aliphatic heterocycles. The number of oxime groups is 1. The fourth-order valence-corrected chi connectivity index (χ4v) is 4.39. The molecule has 0 saturated carbocycles. The molecule has 1 saturated heterocycles. The van der Waals surface area contributed by atoms with Gasteiger partial charge in [-0.2, -0.15) is 4.31 Å². The quantitative estimate of drug-likeness (QED) is 0.309. The Balaban J connectivity index is 1.62. The van der Waals surface area contributed by atoms with Gasteiger partial charge in [-0.1, -0.05) is 17.3 Å². The second kappa shape index (κ2) is 9.33. The van der Waals surface area contributed by atoms with Crippen molar-refractivity contribution >= 4 is 34.0 Å². The molecule has 9 heteroatoms. The van der Waals surface area contributed by atoms with Crippen molar-refractivity contribution in [3.63, 3.8) is 0 Å². The normalized spacial score (nSPS) is 15.6. The molecular formula is C19H20N2O5S2. The van der Waals surface area contributed by atoms with Gasteiger partial charge >= 0.3 is 5.97 Å². The van der Waals surface area contributed by atoms with Crippen LogP contribution in [0.5, 0.6) is 0 Å². The van der Waals surface area contributed by atoms with Gasteiger partial charge in [0.25, 0.3) is 0 Å². The lowest BCUT2D eigenvalue weighted by atomic mass is 10.2. The first kappa shape index (κ1) is 20.5. The van der Waals surface area contributed by atoms with Crippen LogP contribution in [0.3, 0.4) is 0 Å². The van der Waals surface area contributed by atoms with E-state index in [1.165, 1.54) is 34.8 Å². The van der Waals surface area contributed by atoms with Crippen molar-refractivity contribution in [3.8, 4) is 0 Å². The molecule has 0 unspecified atom stereocenters. The summed E-state index contributed by atoms with van der Waals surface area (Å²) in [4.78, 5) is 18.2. The zero-order valence-corrected chi connectivity index (χ0v) is 16.9. The zero-order chi connectivity index (χ0) is 20.0. The van der Waals surface area contributed by atoms with Crippen molar-refractivity contribution in [2.75, 3.05) is 32.6 Å². The van der Waals surface area contributed by atoms with E-state index in [0.29, 0.717) is 26.3 Å². The maximum absolute atomic E-state index is 12.6. The van der Waals surface area contributed by atoms with E-state index in [-0.39, 0.29) is 10.5 Å². The van der Waals surface area contributed by atoms with Gasteiger partial charge in [-0.25, -0.2) is 13.2 Å². The summed E-state index contributed by atoms with van der Waals surface area (Å²) >= 11 is 1.63. The highest BCUT2D eigenvalue weighted by Gasteiger charge is 2.26. The Labute approximate surface area is 168 Å². The summed E-state index contributed by atoms with van der Waals surface area (Å²) in [6.07, 6.45) is 3.43. The Morgan fingerprint density at radius 1 is 1.11 bits per heavy atom. The van der Waals surface area contributed by atoms with Gasteiger partial charge in [-0.05, 0) is 48.2 Å². The van der Waals surface area contributed by atoms with Crippen molar-refractivity contribution in [3.05, 3.63) is 59.7 Å². The summed E-state index contributed by atoms with van der Waals surface area (Å²) < 4.78 is 31.7. The summed E-state index contributed by atoms with van der Waals surface area (Å²) in [5.74, 6) is -0.660. The molecule has 7 nitrogen and oxygen atoms in total. The lowest BCUT2D eigenvalue weighted by molar-refractivity contribution is 0.0519. The minimum absolute atomic E-state index is 0.128. The summed E-state index contributed by atoms with van der Waals surface area (Å²) in [6, 6.07) is 13.3. The van der Waals surface area contributed by atoms with Crippen LogP contribution in [0.1, 0.15) is 15.9 Å². The average Bonchev–Trinajstić information content (AvgIpc) is 2.75. The predicted octanol–water partition coefficient (Wildman–Crippen LogP) is 2.62. The van der Waals surface area contributed by atoms with E-state index in [1.54, 1.807) is 11.8 Å². The largest absolute Gasteiger partial charge is 0.379 e. The third kappa shape index (κ3) is 4.99. The first-order valence-electron chi connectivity index (χ1n) is 8.57. The molecule has 0 bridgehead atoms. The van der Waals surface area contributed by atoms with E-state index >= 15 is 0 Å². The number of ether oxygens (including phenoxy) is 1. The van der Waals surface area contributed by atoms with Gasteiger partial charge in [0.2, 0.25) is 10.0 Å². The molecule has 28 heavy (non-hydrogen) atoms. The number of rotatable bonds is 6. The summed E-state index contributed by atoms with van der Waals surface area (Å²) in [7, 11) is -3.59. The number of carbonyl (C=O) groups is 1. The summed E-state index contributed by atoms with van der Waals surface area (Å²) in [5.41, 5.74) is 1.02. The third-order valence-electron chi connectivity index (χ3n) is 4.15. The number of hydrogen-bond donors (Lipinski definition) is 0. The molecule has 0 radical (unpaired) electrons. The summed E-state index contributed by atoms with van der Waals surface area (Å²) in [5, 5.41) is 3.70. The average molecular weight is 421 g/mol. The maximum Gasteiger partial charge on any atom is 0.365 e. The number of sulfonamides is 1. The highest BCUT2D eigenvalue weighted by molar-refractivity contribution is 7.98. The number of carbonyl (C=O) groups excluding carboxylic acids is 1. The monoisotopic (exact) mass is 420 g/mol. The molecule has 3 rings (SSSR count). The van der Waals surface area contributed by atoms with Crippen molar-refractivity contribution in [1.29, 1.82) is 0 Å². The van der Waals surface area contributed by atoms with Crippen LogP contribution in [0, 0.1) is 0 Å². The van der Waals surface area contributed by atoms with Gasteiger partial charge in [-0.3, -0.25) is 0 Å². The van der Waals surface area contributed by atoms with E-state index in [1.807, 2.05) is 30.5 Å². The molecule has 1 heterocycles. The van der Waals surface area contributed by atoms with E-state index in [0.717, 1.165) is 10.5 Å². The molecule has 148 valence electrons. The Morgan fingerprint density at radius 2 is 1.75 bits per heavy atom. The fourth-order valence-electron chi connectivity index (χ4n) is 2.58. The van der Waals surface area contributed by atoms with Gasteiger partial charge in [-0.15, -0.1) is 11.8 Å². The standard InChI is InChI=1S/C19H20N2O5S2/c1-27-17-6-2-15(3-7-17)14-20-26-19(22)16-4-8-18(9-5-16)28(23,24)21-10-12-25-13-11-21/h2-9,14H,10-13H2,1H3/b20-14+. The minimum Gasteiger partial charge on any atom is -0.379 e. The molecule has 0 N–H and O–H groups in total. The van der Waals surface area contributed by atoms with Gasteiger partial charge in [0, 0.05) is 18.0 Å². The smallest absolute Gasteiger partial charge is 0.365 e. The van der Waals surface area contributed by atoms with Crippen LogP contribution in [-0.2, 0) is 19.6 Å². The molecule has 1 aliphatic rings. The van der Waals surface area contributed by atoms with E-state index in [4.69, 9.17) is 9.57 Å². The van der Waals surface area contributed by atoms with Crippen LogP contribution in [0.2, 0.25) is 0 Å². The van der Waals surface area contributed by atoms with Gasteiger partial charge in [0.15, 0.2) is 0 Å². The van der Waals surface area contributed by atoms with Gasteiger partial charge < -0.3 is 9.57 Å². The number of thioether (sulfide) groups is 1. The van der Waals surface area contributed by atoms with E-state index < -0.39 is 16.0 Å². The van der Waals surface area contributed by atoms with E-state index in [9.17, 15) is 13.2 Å². The molecule has 2 aromatic rings. The second-order valence-corrected chi connectivity index (χ2v) is 8.74. The van der Waals surface area contributed by atoms with Crippen molar-refractivity contribution in [2.45, 2.75) is 9.79 Å². The Kier molecular flexibility index (Phi) is 6.84. The molecule has 0 amide bonds. The predicted molar refractivity (Wildman–Crippen MR) is 107 cm³/mol. The molecule has 1 fully saturated rings. The molecule has 2 aromatic carbocycles. The molecule has 0 aliphatic carbocycles. The highest BCUT2D eigenvalue weighted by atomic mass is 32.2. The molecular weight excluding hydrogens is 400 g/mol. The van der Waals surface area contributed by atoms with Crippen LogP contribution in [-0.4, -0.2) is 57.5 Å². The van der Waals surface area contributed by atoms with Crippen LogP contribution in [0.15, 0.2) is 63.5 Å². The maximum atomic E-state index is 12.6. The van der Waals surface area contributed by atoms with Crippen molar-refractivity contribution in [1.82, 2.24) is 4.31 Å². The SMILES string of the molecule is CSc1ccc(/C=N/OC(=O)c2ccc(S(=O)(=O)N3CCOCC3)cc2)cc1. The van der Waals surface area contributed by atoms with E-state index in [2.05, 4.69) is 5.16 Å². The van der Waals surface area contributed by atoms with Crippen LogP contribution >= 0.6 is 11.8 Å². The lowest BCUT2D eigenvalue weighted by Gasteiger charge is -2.26. The molecule has 0 aromatic heterocycles. The molecule has 0 spiro atoms. The Hall–Kier alpha value is -2.20. The number of morpholine rings is 1. The van der Waals surface area contributed by atoms with Gasteiger partial charge in [0.1, 0.15) is 0 Å². The first-order valence-corrected chi connectivity index (χ1v) is 11.2. The Morgan fingerprint density at radius 3 is 2.36 bits per heavy atom. The van der Waals surface area contributed by atoms with Crippen molar-refractivity contribution in [2.24, 2.45) is 5.16 Å². The number of nitrogens with zero attached hydrogens (tertiary/aromatic N) is 2. The third-order valence-corrected chi connectivity index (χ3v) is 6.81. The van der Waals surface area contributed by atoms with Crippen LogP contribution < -0.4 is 0 Å². The second-order valence-electron chi connectivity index (χ2n) is 5.93. The first-order chi connectivity index (χ1) is 13.5. The van der Waals surface area contributed by atoms with Crippen LogP contribution in [0.25, 0.3) is 0 Å². The van der Waals surface area contributed by atoms with Crippen molar-refractivity contribution < 1.29 is 22.8 Å². The minimum atomic E-state index is -3.59. The van der Waals surface area contributed by atoms with Gasteiger partial charge in [0.05, 0.1) is 29.9 Å². The Bertz CT molecular complexity index is 935.